The number of benzene rings is 1. The lowest BCUT2D eigenvalue weighted by molar-refractivity contribution is 0.209. The first-order chi connectivity index (χ1) is 9.41. The number of carbonyl (C=O) groups excluding carboxylic acids is 1. The number of hydrogen-bond acceptors (Lipinski definition) is 3. The summed E-state index contributed by atoms with van der Waals surface area (Å²) in [5.74, 6) is 0.228. The van der Waals surface area contributed by atoms with Crippen molar-refractivity contribution in [2.75, 3.05) is 23.9 Å². The van der Waals surface area contributed by atoms with Crippen LogP contribution in [0.4, 0.5) is 10.5 Å². The third-order valence-corrected chi connectivity index (χ3v) is 5.44. The minimum absolute atomic E-state index is 0.0612. The SMILES string of the molecule is CCc1ccc(NC(=O)N(C)C2CCS(=O)(=O)C2)cc1. The van der Waals surface area contributed by atoms with E-state index in [-0.39, 0.29) is 23.6 Å². The molecule has 1 saturated heterocycles. The smallest absolute Gasteiger partial charge is 0.321 e. The van der Waals surface area contributed by atoms with Gasteiger partial charge in [-0.1, -0.05) is 19.1 Å². The van der Waals surface area contributed by atoms with Crippen LogP contribution in [0.15, 0.2) is 24.3 Å². The second-order valence-corrected chi connectivity index (χ2v) is 7.38. The lowest BCUT2D eigenvalue weighted by atomic mass is 10.1. The number of hydrogen-bond donors (Lipinski definition) is 1. The van der Waals surface area contributed by atoms with Gasteiger partial charge >= 0.3 is 6.03 Å². The topological polar surface area (TPSA) is 66.5 Å². The van der Waals surface area contributed by atoms with Gasteiger partial charge in [0, 0.05) is 18.8 Å². The molecule has 0 radical (unpaired) electrons. The molecule has 1 aromatic rings. The summed E-state index contributed by atoms with van der Waals surface area (Å²) >= 11 is 0. The van der Waals surface area contributed by atoms with Gasteiger partial charge in [-0.25, -0.2) is 13.2 Å². The summed E-state index contributed by atoms with van der Waals surface area (Å²) in [6.07, 6.45) is 1.47. The van der Waals surface area contributed by atoms with E-state index in [1.165, 1.54) is 10.5 Å². The maximum atomic E-state index is 12.1. The number of amides is 2. The Labute approximate surface area is 119 Å². The molecule has 1 fully saturated rings. The molecule has 0 aliphatic carbocycles. The van der Waals surface area contributed by atoms with Gasteiger partial charge < -0.3 is 10.2 Å². The summed E-state index contributed by atoms with van der Waals surface area (Å²) in [6, 6.07) is 7.16. The normalized spacial score (nSPS) is 20.6. The predicted octanol–water partition coefficient (Wildman–Crippen LogP) is 1.90. The Balaban J connectivity index is 1.97. The lowest BCUT2D eigenvalue weighted by Crippen LogP contribution is -2.40. The van der Waals surface area contributed by atoms with E-state index in [0.717, 1.165) is 12.1 Å². The van der Waals surface area contributed by atoms with Gasteiger partial charge in [0.05, 0.1) is 11.5 Å². The van der Waals surface area contributed by atoms with Gasteiger partial charge in [-0.05, 0) is 30.5 Å². The molecule has 2 amide bonds. The van der Waals surface area contributed by atoms with E-state index in [2.05, 4.69) is 12.2 Å². The number of sulfone groups is 1. The van der Waals surface area contributed by atoms with Gasteiger partial charge in [-0.15, -0.1) is 0 Å². The Morgan fingerprint density at radius 1 is 1.35 bits per heavy atom. The molecule has 1 aromatic carbocycles. The van der Waals surface area contributed by atoms with Crippen LogP contribution < -0.4 is 5.32 Å². The largest absolute Gasteiger partial charge is 0.324 e. The molecule has 1 atom stereocenters. The summed E-state index contributed by atoms with van der Waals surface area (Å²) in [5, 5.41) is 2.79. The molecule has 0 saturated carbocycles. The molecule has 1 aliphatic rings. The number of nitrogens with one attached hydrogen (secondary N) is 1. The van der Waals surface area contributed by atoms with E-state index >= 15 is 0 Å². The molecule has 2 rings (SSSR count). The van der Waals surface area contributed by atoms with Crippen molar-refractivity contribution >= 4 is 21.6 Å². The standard InChI is InChI=1S/C14H20N2O3S/c1-3-11-4-6-12(7-5-11)15-14(17)16(2)13-8-9-20(18,19)10-13/h4-7,13H,3,8-10H2,1-2H3,(H,15,17). The molecule has 1 unspecified atom stereocenters. The molecule has 0 spiro atoms. The Bertz CT molecular complexity index is 581. The van der Waals surface area contributed by atoms with E-state index in [9.17, 15) is 13.2 Å². The minimum atomic E-state index is -2.98. The van der Waals surface area contributed by atoms with Gasteiger partial charge in [-0.2, -0.15) is 0 Å². The van der Waals surface area contributed by atoms with Crippen LogP contribution >= 0.6 is 0 Å². The quantitative estimate of drug-likeness (QED) is 0.926. The van der Waals surface area contributed by atoms with Gasteiger partial charge in [0.1, 0.15) is 0 Å². The molecule has 1 heterocycles. The number of nitrogens with zero attached hydrogens (tertiary/aromatic N) is 1. The first-order valence-electron chi connectivity index (χ1n) is 6.74. The average Bonchev–Trinajstić information content (AvgIpc) is 2.79. The van der Waals surface area contributed by atoms with Crippen molar-refractivity contribution in [2.45, 2.75) is 25.8 Å². The van der Waals surface area contributed by atoms with Gasteiger partial charge in [0.25, 0.3) is 0 Å². The van der Waals surface area contributed by atoms with Crippen LogP contribution in [0.25, 0.3) is 0 Å². The lowest BCUT2D eigenvalue weighted by Gasteiger charge is -2.23. The van der Waals surface area contributed by atoms with E-state index in [1.807, 2.05) is 24.3 Å². The number of urea groups is 1. The van der Waals surface area contributed by atoms with Crippen molar-refractivity contribution in [3.8, 4) is 0 Å². The molecule has 0 bridgehead atoms. The van der Waals surface area contributed by atoms with Crippen LogP contribution in [0.5, 0.6) is 0 Å². The van der Waals surface area contributed by atoms with Crippen molar-refractivity contribution in [3.05, 3.63) is 29.8 Å². The highest BCUT2D eigenvalue weighted by atomic mass is 32.2. The average molecular weight is 296 g/mol. The maximum absolute atomic E-state index is 12.1. The van der Waals surface area contributed by atoms with Crippen molar-refractivity contribution in [2.24, 2.45) is 0 Å². The molecule has 6 heteroatoms. The molecule has 5 nitrogen and oxygen atoms in total. The van der Waals surface area contributed by atoms with Crippen LogP contribution in [0.2, 0.25) is 0 Å². The zero-order chi connectivity index (χ0) is 14.8. The Morgan fingerprint density at radius 3 is 2.50 bits per heavy atom. The van der Waals surface area contributed by atoms with E-state index in [1.54, 1.807) is 7.05 Å². The first kappa shape index (κ1) is 14.8. The summed E-state index contributed by atoms with van der Waals surface area (Å²) in [6.45, 7) is 2.07. The Kier molecular flexibility index (Phi) is 4.32. The summed E-state index contributed by atoms with van der Waals surface area (Å²) in [5.41, 5.74) is 1.93. The molecular formula is C14H20N2O3S. The van der Waals surface area contributed by atoms with Crippen LogP contribution in [-0.2, 0) is 16.3 Å². The zero-order valence-corrected chi connectivity index (χ0v) is 12.6. The summed E-state index contributed by atoms with van der Waals surface area (Å²) < 4.78 is 22.9. The van der Waals surface area contributed by atoms with Crippen LogP contribution in [-0.4, -0.2) is 43.9 Å². The van der Waals surface area contributed by atoms with E-state index < -0.39 is 9.84 Å². The monoisotopic (exact) mass is 296 g/mol. The summed E-state index contributed by atoms with van der Waals surface area (Å²) in [4.78, 5) is 13.6. The van der Waals surface area contributed by atoms with Crippen LogP contribution in [0.3, 0.4) is 0 Å². The Hall–Kier alpha value is -1.56. The molecule has 1 aliphatic heterocycles. The van der Waals surface area contributed by atoms with E-state index in [4.69, 9.17) is 0 Å². The third-order valence-electron chi connectivity index (χ3n) is 3.69. The summed E-state index contributed by atoms with van der Waals surface area (Å²) in [7, 11) is -1.34. The first-order valence-corrected chi connectivity index (χ1v) is 8.56. The van der Waals surface area contributed by atoms with Crippen LogP contribution in [0, 0.1) is 0 Å². The molecule has 20 heavy (non-hydrogen) atoms. The number of aryl methyl sites for hydroxylation is 1. The minimum Gasteiger partial charge on any atom is -0.324 e. The highest BCUT2D eigenvalue weighted by molar-refractivity contribution is 7.91. The molecule has 1 N–H and O–H groups in total. The fourth-order valence-electron chi connectivity index (χ4n) is 2.28. The molecule has 110 valence electrons. The van der Waals surface area contributed by atoms with Crippen molar-refractivity contribution in [1.82, 2.24) is 4.90 Å². The fraction of sp³-hybridized carbons (Fsp3) is 0.500. The number of rotatable bonds is 3. The highest BCUT2D eigenvalue weighted by Crippen LogP contribution is 2.18. The maximum Gasteiger partial charge on any atom is 0.321 e. The number of carbonyl (C=O) groups is 1. The second-order valence-electron chi connectivity index (χ2n) is 5.15. The van der Waals surface area contributed by atoms with Gasteiger partial charge in [0.15, 0.2) is 9.84 Å². The molecule has 0 aromatic heterocycles. The Morgan fingerprint density at radius 2 is 2.00 bits per heavy atom. The van der Waals surface area contributed by atoms with Crippen molar-refractivity contribution in [1.29, 1.82) is 0 Å². The zero-order valence-electron chi connectivity index (χ0n) is 11.8. The van der Waals surface area contributed by atoms with Gasteiger partial charge in [-0.3, -0.25) is 0 Å². The van der Waals surface area contributed by atoms with Gasteiger partial charge in [0.2, 0.25) is 0 Å². The van der Waals surface area contributed by atoms with E-state index in [0.29, 0.717) is 6.42 Å². The highest BCUT2D eigenvalue weighted by Gasteiger charge is 2.32. The number of anilines is 1. The molecular weight excluding hydrogens is 276 g/mol. The third kappa shape index (κ3) is 3.50. The fourth-order valence-corrected chi connectivity index (χ4v) is 4.06. The van der Waals surface area contributed by atoms with Crippen molar-refractivity contribution < 1.29 is 13.2 Å². The second kappa shape index (κ2) is 5.83. The predicted molar refractivity (Wildman–Crippen MR) is 79.7 cm³/mol. The van der Waals surface area contributed by atoms with Crippen molar-refractivity contribution in [3.63, 3.8) is 0 Å². The van der Waals surface area contributed by atoms with Crippen LogP contribution in [0.1, 0.15) is 18.9 Å².